The van der Waals surface area contributed by atoms with Crippen molar-refractivity contribution in [3.05, 3.63) is 117 Å². The molecule has 4 aromatic rings. The third-order valence-electron chi connectivity index (χ3n) is 5.77. The van der Waals surface area contributed by atoms with Gasteiger partial charge in [-0.2, -0.15) is 9.41 Å². The normalized spacial score (nSPS) is 11.6. The first-order valence-corrected chi connectivity index (χ1v) is 14.6. The van der Waals surface area contributed by atoms with E-state index in [1.807, 2.05) is 6.07 Å². The number of carbonyl (C=O) groups is 2. The van der Waals surface area contributed by atoms with Gasteiger partial charge in [0.1, 0.15) is 11.5 Å². The number of rotatable bonds is 9. The van der Waals surface area contributed by atoms with E-state index < -0.39 is 21.8 Å². The Morgan fingerprint density at radius 1 is 0.902 bits per heavy atom. The van der Waals surface area contributed by atoms with Crippen molar-refractivity contribution in [3.63, 3.8) is 0 Å². The Morgan fingerprint density at radius 2 is 1.63 bits per heavy atom. The zero-order valence-corrected chi connectivity index (χ0v) is 24.6. The molecule has 0 fully saturated rings. The summed E-state index contributed by atoms with van der Waals surface area (Å²) in [4.78, 5) is 24.3. The van der Waals surface area contributed by atoms with Crippen molar-refractivity contribution in [2.45, 2.75) is 24.9 Å². The minimum absolute atomic E-state index is 0.0297. The second-order valence-electron chi connectivity index (χ2n) is 8.75. The quantitative estimate of drug-likeness (QED) is 0.133. The summed E-state index contributed by atoms with van der Waals surface area (Å²) in [6.07, 6.45) is 1.19. The van der Waals surface area contributed by atoms with Crippen molar-refractivity contribution >= 4 is 68.5 Å². The first kappa shape index (κ1) is 30.3. The number of hydrogen-bond acceptors (Lipinski definition) is 6. The summed E-state index contributed by atoms with van der Waals surface area (Å²) in [5.74, 6) is -1.34. The Bertz CT molecular complexity index is 1710. The highest BCUT2D eigenvalue weighted by Crippen LogP contribution is 2.27. The van der Waals surface area contributed by atoms with Crippen LogP contribution in [0, 0.1) is 6.92 Å². The van der Waals surface area contributed by atoms with Crippen molar-refractivity contribution in [2.24, 2.45) is 5.10 Å². The van der Waals surface area contributed by atoms with Gasteiger partial charge in [-0.3, -0.25) is 9.59 Å². The third kappa shape index (κ3) is 7.96. The van der Waals surface area contributed by atoms with Gasteiger partial charge < -0.3 is 9.73 Å². The predicted molar refractivity (Wildman–Crippen MR) is 159 cm³/mol. The maximum Gasteiger partial charge on any atom is 0.329 e. The van der Waals surface area contributed by atoms with Crippen molar-refractivity contribution in [1.82, 2.24) is 9.73 Å². The molecule has 41 heavy (non-hydrogen) atoms. The molecule has 2 N–H and O–H groups in total. The molecule has 0 bridgehead atoms. The predicted octanol–water partition coefficient (Wildman–Crippen LogP) is 6.03. The fourth-order valence-electron chi connectivity index (χ4n) is 3.64. The van der Waals surface area contributed by atoms with Crippen molar-refractivity contribution < 1.29 is 22.4 Å². The van der Waals surface area contributed by atoms with Gasteiger partial charge >= 0.3 is 11.8 Å². The molecule has 212 valence electrons. The number of para-hydroxylation sites is 1. The maximum atomic E-state index is 13.5. The number of carbonyl (C=O) groups excluding carboxylic acids is 2. The summed E-state index contributed by atoms with van der Waals surface area (Å²) in [7, 11) is -3.99. The molecule has 9 nitrogen and oxygen atoms in total. The van der Waals surface area contributed by atoms with Gasteiger partial charge in [0.25, 0.3) is 0 Å². The molecular weight excluding hydrogens is 611 g/mol. The Hall–Kier alpha value is -3.67. The van der Waals surface area contributed by atoms with E-state index in [2.05, 4.69) is 15.8 Å². The Balaban J connectivity index is 1.47. The van der Waals surface area contributed by atoms with Crippen LogP contribution in [0.2, 0.25) is 15.1 Å². The number of amides is 2. The first-order valence-electron chi connectivity index (χ1n) is 12.0. The number of furan rings is 1. The largest absolute Gasteiger partial charge is 0.459 e. The van der Waals surface area contributed by atoms with E-state index in [0.717, 1.165) is 5.56 Å². The molecule has 3 aromatic carbocycles. The Morgan fingerprint density at radius 3 is 2.34 bits per heavy atom. The van der Waals surface area contributed by atoms with Crippen LogP contribution in [0.5, 0.6) is 0 Å². The summed E-state index contributed by atoms with van der Waals surface area (Å²) in [5, 5.41) is 7.30. The number of sulfonamides is 1. The lowest BCUT2D eigenvalue weighted by Crippen LogP contribution is -2.32. The molecule has 0 aliphatic heterocycles. The molecule has 0 unspecified atom stereocenters. The molecule has 0 aliphatic carbocycles. The highest BCUT2D eigenvalue weighted by molar-refractivity contribution is 7.89. The van der Waals surface area contributed by atoms with Crippen LogP contribution < -0.4 is 10.7 Å². The van der Waals surface area contributed by atoms with E-state index in [9.17, 15) is 18.0 Å². The van der Waals surface area contributed by atoms with Crippen LogP contribution >= 0.6 is 34.8 Å². The number of nitrogens with one attached hydrogen (secondary N) is 2. The molecular formula is C28H23Cl3N4O5S. The van der Waals surface area contributed by atoms with Gasteiger partial charge in [0.2, 0.25) is 10.0 Å². The van der Waals surface area contributed by atoms with Crippen LogP contribution in [-0.2, 0) is 32.7 Å². The SMILES string of the molecule is Cc1ccccc1NC(=O)C(=O)N/N=C/c1ccc(CN(Cc2ccc(Cl)c(Cl)c2)S(=O)(=O)c2ccc(Cl)cc2)o1. The molecule has 0 atom stereocenters. The summed E-state index contributed by atoms with van der Waals surface area (Å²) in [6, 6.07) is 20.8. The van der Waals surface area contributed by atoms with E-state index in [0.29, 0.717) is 32.1 Å². The molecule has 1 aromatic heterocycles. The van der Waals surface area contributed by atoms with Gasteiger partial charge in [0.15, 0.2) is 0 Å². The van der Waals surface area contributed by atoms with Crippen LogP contribution in [0.4, 0.5) is 5.69 Å². The van der Waals surface area contributed by atoms with Crippen molar-refractivity contribution in [1.29, 1.82) is 0 Å². The second kappa shape index (κ2) is 13.3. The summed E-state index contributed by atoms with van der Waals surface area (Å²) < 4.78 is 34.0. The summed E-state index contributed by atoms with van der Waals surface area (Å²) in [5.41, 5.74) is 4.04. The van der Waals surface area contributed by atoms with Gasteiger partial charge in [0.05, 0.1) is 27.7 Å². The zero-order chi connectivity index (χ0) is 29.6. The minimum atomic E-state index is -3.99. The van der Waals surface area contributed by atoms with Crippen molar-refractivity contribution in [3.8, 4) is 0 Å². The molecule has 4 rings (SSSR count). The van der Waals surface area contributed by atoms with Crippen LogP contribution in [-0.4, -0.2) is 30.8 Å². The molecule has 0 spiro atoms. The van der Waals surface area contributed by atoms with Crippen LogP contribution in [0.15, 0.2) is 93.3 Å². The van der Waals surface area contributed by atoms with Crippen molar-refractivity contribution in [2.75, 3.05) is 5.32 Å². The fourth-order valence-corrected chi connectivity index (χ4v) is 5.48. The van der Waals surface area contributed by atoms with Gasteiger partial charge in [-0.05, 0) is 72.6 Å². The Kier molecular flexibility index (Phi) is 9.85. The average Bonchev–Trinajstić information content (AvgIpc) is 3.39. The monoisotopic (exact) mass is 632 g/mol. The van der Waals surface area contributed by atoms with Gasteiger partial charge in [-0.1, -0.05) is 59.1 Å². The molecule has 0 radical (unpaired) electrons. The van der Waals surface area contributed by atoms with Crippen LogP contribution in [0.25, 0.3) is 0 Å². The number of nitrogens with zero attached hydrogens (tertiary/aromatic N) is 2. The lowest BCUT2D eigenvalue weighted by atomic mass is 10.2. The molecule has 0 aliphatic rings. The highest BCUT2D eigenvalue weighted by atomic mass is 35.5. The lowest BCUT2D eigenvalue weighted by Gasteiger charge is -2.22. The van der Waals surface area contributed by atoms with E-state index in [-0.39, 0.29) is 23.7 Å². The smallest absolute Gasteiger partial charge is 0.329 e. The molecule has 0 saturated carbocycles. The molecule has 1 heterocycles. The fraction of sp³-hybridized carbons (Fsp3) is 0.107. The number of halogens is 3. The topological polar surface area (TPSA) is 121 Å². The number of anilines is 1. The summed E-state index contributed by atoms with van der Waals surface area (Å²) in [6.45, 7) is 1.63. The van der Waals surface area contributed by atoms with Gasteiger partial charge in [0, 0.05) is 17.3 Å². The van der Waals surface area contributed by atoms with Gasteiger partial charge in [-0.25, -0.2) is 13.8 Å². The zero-order valence-electron chi connectivity index (χ0n) is 21.5. The third-order valence-corrected chi connectivity index (χ3v) is 8.56. The highest BCUT2D eigenvalue weighted by Gasteiger charge is 2.26. The molecule has 2 amide bonds. The van der Waals surface area contributed by atoms with Crippen LogP contribution in [0.1, 0.15) is 22.6 Å². The lowest BCUT2D eigenvalue weighted by molar-refractivity contribution is -0.136. The Labute approximate surface area is 251 Å². The second-order valence-corrected chi connectivity index (χ2v) is 11.9. The van der Waals surface area contributed by atoms with E-state index in [4.69, 9.17) is 39.2 Å². The summed E-state index contributed by atoms with van der Waals surface area (Å²) >= 11 is 18.1. The number of hydrazone groups is 1. The standard InChI is InChI=1S/C28H23Cl3N4O5S/c1-18-4-2-3-5-26(18)33-27(36)28(37)34-32-15-21-9-10-22(40-21)17-35(16-19-6-13-24(30)25(31)14-19)41(38,39)23-11-7-20(29)8-12-23/h2-15H,16-17H2,1H3,(H,33,36)(H,34,37)/b32-15+. The van der Waals surface area contributed by atoms with Crippen LogP contribution in [0.3, 0.4) is 0 Å². The average molecular weight is 634 g/mol. The first-order chi connectivity index (χ1) is 19.5. The maximum absolute atomic E-state index is 13.5. The molecule has 13 heteroatoms. The molecule has 0 saturated heterocycles. The van der Waals surface area contributed by atoms with E-state index >= 15 is 0 Å². The van der Waals surface area contributed by atoms with E-state index in [1.165, 1.54) is 34.8 Å². The minimum Gasteiger partial charge on any atom is -0.459 e. The number of hydrogen-bond donors (Lipinski definition) is 2. The number of benzene rings is 3. The number of aryl methyl sites for hydroxylation is 1. The van der Waals surface area contributed by atoms with E-state index in [1.54, 1.807) is 55.5 Å². The van der Waals surface area contributed by atoms with Gasteiger partial charge in [-0.15, -0.1) is 0 Å².